The van der Waals surface area contributed by atoms with Crippen molar-refractivity contribution in [1.82, 2.24) is 0 Å². The van der Waals surface area contributed by atoms with E-state index in [4.69, 9.17) is 58.0 Å². The van der Waals surface area contributed by atoms with Gasteiger partial charge in [-0.05, 0) is 0 Å². The summed E-state index contributed by atoms with van der Waals surface area (Å²) >= 11 is 28.7. The Kier molecular flexibility index (Phi) is 4.86. The lowest BCUT2D eigenvalue weighted by Gasteiger charge is -2.11. The van der Waals surface area contributed by atoms with E-state index in [1.807, 2.05) is 0 Å². The van der Waals surface area contributed by atoms with Gasteiger partial charge in [0.25, 0.3) is 0 Å². The van der Waals surface area contributed by atoms with Gasteiger partial charge in [0, 0.05) is 0 Å². The molecule has 0 heterocycles. The van der Waals surface area contributed by atoms with Crippen molar-refractivity contribution in [2.24, 2.45) is 0 Å². The lowest BCUT2D eigenvalue weighted by atomic mass is 10.3. The zero-order valence-corrected chi connectivity index (χ0v) is 12.4. The van der Waals surface area contributed by atoms with E-state index in [9.17, 15) is 8.42 Å². The molecular weight excluding hydrogens is 353 g/mol. The summed E-state index contributed by atoms with van der Waals surface area (Å²) in [7, 11) is -4.03. The first-order valence-corrected chi connectivity index (χ1v) is 7.15. The molecule has 0 bridgehead atoms. The van der Waals surface area contributed by atoms with Crippen molar-refractivity contribution >= 4 is 68.1 Å². The molecule has 9 heteroatoms. The molecule has 3 nitrogen and oxygen atoms in total. The second-order valence-electron chi connectivity index (χ2n) is 2.64. The van der Waals surface area contributed by atoms with E-state index in [0.717, 1.165) is 0 Å². The van der Waals surface area contributed by atoms with Gasteiger partial charge in [0.1, 0.15) is 10.0 Å². The largest absolute Gasteiger partial charge is 0.376 e. The van der Waals surface area contributed by atoms with E-state index < -0.39 is 15.9 Å². The molecule has 17 heavy (non-hydrogen) atoms. The lowest BCUT2D eigenvalue weighted by Crippen LogP contribution is -2.06. The highest BCUT2D eigenvalue weighted by Crippen LogP contribution is 2.48. The highest BCUT2D eigenvalue weighted by molar-refractivity contribution is 7.90. The van der Waals surface area contributed by atoms with Crippen LogP contribution in [0.4, 0.5) is 0 Å². The Balaban J connectivity index is 3.51. The van der Waals surface area contributed by atoms with Crippen LogP contribution in [0.2, 0.25) is 25.1 Å². The highest BCUT2D eigenvalue weighted by atomic mass is 35.5. The molecule has 94 valence electrons. The highest BCUT2D eigenvalue weighted by Gasteiger charge is 2.23. The molecule has 0 N–H and O–H groups in total. The van der Waals surface area contributed by atoms with Gasteiger partial charge >= 0.3 is 10.1 Å². The van der Waals surface area contributed by atoms with Crippen LogP contribution in [0.3, 0.4) is 0 Å². The molecule has 1 aromatic rings. The molecule has 0 radical (unpaired) electrons. The zero-order valence-electron chi connectivity index (χ0n) is 7.81. The molecule has 0 spiro atoms. The molecule has 0 atom stereocenters. The fourth-order valence-corrected chi connectivity index (χ4v) is 2.56. The number of halogens is 5. The third-order valence-corrected chi connectivity index (χ3v) is 4.62. The third-order valence-electron chi connectivity index (χ3n) is 1.57. The molecule has 1 rings (SSSR count). The lowest BCUT2D eigenvalue weighted by molar-refractivity contribution is 0.497. The van der Waals surface area contributed by atoms with Crippen LogP contribution in [0.1, 0.15) is 0 Å². The Morgan fingerprint density at radius 2 is 1.24 bits per heavy atom. The molecule has 1 aromatic carbocycles. The molecule has 0 saturated carbocycles. The standard InChI is InChI=1S/C8H3Cl5O3S/c1-2-17(14,15)16-8-6(12)4(10)3(9)5(11)7(8)13/h2H,1H2. The molecule has 0 aliphatic heterocycles. The van der Waals surface area contributed by atoms with Crippen molar-refractivity contribution in [3.8, 4) is 5.75 Å². The first-order chi connectivity index (χ1) is 7.71. The minimum absolute atomic E-state index is 0.0910. The second kappa shape index (κ2) is 5.43. The molecule has 0 aliphatic rings. The van der Waals surface area contributed by atoms with Crippen molar-refractivity contribution in [1.29, 1.82) is 0 Å². The van der Waals surface area contributed by atoms with Crippen LogP contribution >= 0.6 is 58.0 Å². The minimum Gasteiger partial charge on any atom is -0.376 e. The predicted octanol–water partition coefficient (Wildman–Crippen LogP) is 4.81. The summed E-state index contributed by atoms with van der Waals surface area (Å²) in [6, 6.07) is 0. The maximum atomic E-state index is 11.2. The zero-order chi connectivity index (χ0) is 13.4. The average Bonchev–Trinajstić information content (AvgIpc) is 2.30. The Labute approximate surface area is 123 Å². The molecule has 0 aliphatic carbocycles. The van der Waals surface area contributed by atoms with Crippen molar-refractivity contribution in [2.75, 3.05) is 0 Å². The van der Waals surface area contributed by atoms with Crippen molar-refractivity contribution in [2.45, 2.75) is 0 Å². The SMILES string of the molecule is C=CS(=O)(=O)Oc1c(Cl)c(Cl)c(Cl)c(Cl)c1Cl. The van der Waals surface area contributed by atoms with Crippen LogP contribution in [-0.4, -0.2) is 8.42 Å². The summed E-state index contributed by atoms with van der Waals surface area (Å²) < 4.78 is 27.0. The molecule has 0 saturated heterocycles. The number of hydrogen-bond donors (Lipinski definition) is 0. The summed E-state index contributed by atoms with van der Waals surface area (Å²) in [4.78, 5) is 0. The molecular formula is C8H3Cl5O3S. The van der Waals surface area contributed by atoms with Crippen LogP contribution in [-0.2, 0) is 10.1 Å². The fourth-order valence-electron chi connectivity index (χ4n) is 0.808. The second-order valence-corrected chi connectivity index (χ2v) is 6.02. The van der Waals surface area contributed by atoms with Crippen LogP contribution in [0, 0.1) is 0 Å². The van der Waals surface area contributed by atoms with Gasteiger partial charge in [-0.1, -0.05) is 64.6 Å². The quantitative estimate of drug-likeness (QED) is 0.444. The van der Waals surface area contributed by atoms with Gasteiger partial charge < -0.3 is 4.18 Å². The third kappa shape index (κ3) is 3.13. The summed E-state index contributed by atoms with van der Waals surface area (Å²) in [5.41, 5.74) is 0. The van der Waals surface area contributed by atoms with E-state index in [1.54, 1.807) is 0 Å². The van der Waals surface area contributed by atoms with Gasteiger partial charge in [-0.15, -0.1) is 0 Å². The Morgan fingerprint density at radius 3 is 1.59 bits per heavy atom. The normalized spacial score (nSPS) is 11.4. The number of benzene rings is 1. The van der Waals surface area contributed by atoms with Gasteiger partial charge in [-0.3, -0.25) is 0 Å². The first-order valence-electron chi connectivity index (χ1n) is 3.79. The fraction of sp³-hybridized carbons (Fsp3) is 0. The van der Waals surface area contributed by atoms with Crippen LogP contribution < -0.4 is 4.18 Å². The molecule has 0 amide bonds. The summed E-state index contributed by atoms with van der Waals surface area (Å²) in [6.45, 7) is 3.06. The number of rotatable bonds is 3. The van der Waals surface area contributed by atoms with Crippen molar-refractivity contribution in [3.63, 3.8) is 0 Å². The van der Waals surface area contributed by atoms with Gasteiger partial charge in [0.05, 0.1) is 20.5 Å². The maximum absolute atomic E-state index is 11.2. The van der Waals surface area contributed by atoms with Crippen molar-refractivity contribution < 1.29 is 12.6 Å². The van der Waals surface area contributed by atoms with E-state index >= 15 is 0 Å². The predicted molar refractivity (Wildman–Crippen MR) is 71.2 cm³/mol. The Morgan fingerprint density at radius 1 is 0.882 bits per heavy atom. The Hall–Kier alpha value is 0.160. The van der Waals surface area contributed by atoms with Crippen molar-refractivity contribution in [3.05, 3.63) is 37.1 Å². The summed E-state index contributed by atoms with van der Waals surface area (Å²) in [5, 5.41) is -0.329. The van der Waals surface area contributed by atoms with E-state index in [1.165, 1.54) is 0 Å². The van der Waals surface area contributed by atoms with Gasteiger partial charge in [0.15, 0.2) is 5.75 Å². The van der Waals surface area contributed by atoms with Gasteiger partial charge in [0.2, 0.25) is 0 Å². The van der Waals surface area contributed by atoms with E-state index in [-0.39, 0.29) is 25.1 Å². The maximum Gasteiger partial charge on any atom is 0.331 e. The van der Waals surface area contributed by atoms with Crippen LogP contribution in [0.25, 0.3) is 0 Å². The molecule has 0 aromatic heterocycles. The van der Waals surface area contributed by atoms with Gasteiger partial charge in [-0.25, -0.2) is 0 Å². The summed E-state index contributed by atoms with van der Waals surface area (Å²) in [6.07, 6.45) is 0. The van der Waals surface area contributed by atoms with Crippen LogP contribution in [0.5, 0.6) is 5.75 Å². The average molecular weight is 356 g/mol. The smallest absolute Gasteiger partial charge is 0.331 e. The molecule has 0 fully saturated rings. The summed E-state index contributed by atoms with van der Waals surface area (Å²) in [5.74, 6) is -0.396. The number of hydrogen-bond acceptors (Lipinski definition) is 3. The van der Waals surface area contributed by atoms with Crippen LogP contribution in [0.15, 0.2) is 12.0 Å². The van der Waals surface area contributed by atoms with Gasteiger partial charge in [-0.2, -0.15) is 8.42 Å². The van der Waals surface area contributed by atoms with E-state index in [2.05, 4.69) is 10.8 Å². The monoisotopic (exact) mass is 354 g/mol. The first kappa shape index (κ1) is 15.2. The topological polar surface area (TPSA) is 43.4 Å². The van der Waals surface area contributed by atoms with E-state index in [0.29, 0.717) is 5.41 Å². The molecule has 0 unspecified atom stereocenters. The minimum atomic E-state index is -4.03. The Bertz CT molecular complexity index is 552.